The Morgan fingerprint density at radius 2 is 1.59 bits per heavy atom. The fourth-order valence-corrected chi connectivity index (χ4v) is 3.24. The number of aliphatic hydroxyl groups excluding tert-OH is 1. The van der Waals surface area contributed by atoms with Gasteiger partial charge in [0.2, 0.25) is 0 Å². The Bertz CT molecular complexity index is 643. The number of rotatable bonds is 4. The van der Waals surface area contributed by atoms with Gasteiger partial charge in [0.05, 0.1) is 12.6 Å². The van der Waals surface area contributed by atoms with E-state index in [1.54, 1.807) is 6.82 Å². The van der Waals surface area contributed by atoms with Gasteiger partial charge in [0.1, 0.15) is 0 Å². The number of hydrogen-bond donors (Lipinski definition) is 2. The average molecular weight is 293 g/mol. The van der Waals surface area contributed by atoms with Crippen molar-refractivity contribution in [3.05, 3.63) is 77.9 Å². The van der Waals surface area contributed by atoms with E-state index < -0.39 is 7.05 Å². The van der Waals surface area contributed by atoms with Crippen molar-refractivity contribution < 1.29 is 10.1 Å². The third-order valence-electron chi connectivity index (χ3n) is 4.23. The maximum Gasteiger partial charge on any atom is 0.377 e. The summed E-state index contributed by atoms with van der Waals surface area (Å²) in [5.74, 6) is 0. The molecule has 2 atom stereocenters. The smallest absolute Gasteiger partial charge is 0.377 e. The topological polar surface area (TPSA) is 43.7 Å². The first-order chi connectivity index (χ1) is 10.7. The summed E-state index contributed by atoms with van der Waals surface area (Å²) in [6, 6.07) is 19.9. The molecule has 0 saturated carbocycles. The Hall–Kier alpha value is -1.88. The van der Waals surface area contributed by atoms with Crippen molar-refractivity contribution in [1.82, 2.24) is 4.81 Å². The van der Waals surface area contributed by atoms with Crippen LogP contribution in [-0.2, 0) is 0 Å². The standard InChI is InChI=1S/C18H20BNO2/c1-19(22)20-17(15-10-6-3-7-11-15)12-16(18(20)13-21)14-8-4-2-5-9-14/h2-12,17-18,21-22H,13H2,1H3. The molecular formula is C18H20BNO2. The van der Waals surface area contributed by atoms with Crippen LogP contribution in [-0.4, -0.2) is 34.6 Å². The zero-order chi connectivity index (χ0) is 15.5. The highest BCUT2D eigenvalue weighted by Gasteiger charge is 2.39. The van der Waals surface area contributed by atoms with Crippen molar-refractivity contribution in [2.75, 3.05) is 6.61 Å². The highest BCUT2D eigenvalue weighted by Crippen LogP contribution is 2.39. The highest BCUT2D eigenvalue weighted by molar-refractivity contribution is 6.46. The Morgan fingerprint density at radius 3 is 2.14 bits per heavy atom. The molecule has 112 valence electrons. The quantitative estimate of drug-likeness (QED) is 0.852. The lowest BCUT2D eigenvalue weighted by molar-refractivity contribution is 0.200. The molecule has 4 heteroatoms. The molecule has 2 N–H and O–H groups in total. The molecule has 0 aromatic heterocycles. The summed E-state index contributed by atoms with van der Waals surface area (Å²) >= 11 is 0. The average Bonchev–Trinajstić information content (AvgIpc) is 2.96. The molecule has 2 aromatic carbocycles. The number of benzene rings is 2. The van der Waals surface area contributed by atoms with Gasteiger partial charge >= 0.3 is 7.05 Å². The van der Waals surface area contributed by atoms with Crippen LogP contribution in [0.1, 0.15) is 17.2 Å². The lowest BCUT2D eigenvalue weighted by Gasteiger charge is -2.32. The normalized spacial score (nSPS) is 21.7. The van der Waals surface area contributed by atoms with Crippen LogP contribution in [0.5, 0.6) is 0 Å². The summed E-state index contributed by atoms with van der Waals surface area (Å²) in [7, 11) is -0.639. The summed E-state index contributed by atoms with van der Waals surface area (Å²) in [6.07, 6.45) is 2.15. The molecule has 0 saturated heterocycles. The van der Waals surface area contributed by atoms with Gasteiger partial charge in [-0.25, -0.2) is 0 Å². The van der Waals surface area contributed by atoms with E-state index in [4.69, 9.17) is 0 Å². The monoisotopic (exact) mass is 293 g/mol. The molecule has 3 rings (SSSR count). The SMILES string of the molecule is CB(O)N1C(CO)C(c2ccccc2)=CC1c1ccccc1. The van der Waals surface area contributed by atoms with Crippen molar-refractivity contribution >= 4 is 12.6 Å². The molecule has 0 fully saturated rings. The van der Waals surface area contributed by atoms with E-state index in [0.29, 0.717) is 0 Å². The Balaban J connectivity index is 2.05. The van der Waals surface area contributed by atoms with Gasteiger partial charge in [0.25, 0.3) is 0 Å². The van der Waals surface area contributed by atoms with E-state index >= 15 is 0 Å². The summed E-state index contributed by atoms with van der Waals surface area (Å²) in [6.45, 7) is 1.73. The first-order valence-corrected chi connectivity index (χ1v) is 7.61. The summed E-state index contributed by atoms with van der Waals surface area (Å²) in [5.41, 5.74) is 3.27. The molecule has 2 unspecified atom stereocenters. The summed E-state index contributed by atoms with van der Waals surface area (Å²) in [4.78, 5) is 1.96. The summed E-state index contributed by atoms with van der Waals surface area (Å²) in [5, 5.41) is 20.1. The Kier molecular flexibility index (Phi) is 4.43. The van der Waals surface area contributed by atoms with E-state index in [1.807, 2.05) is 53.3 Å². The van der Waals surface area contributed by atoms with Crippen molar-refractivity contribution in [2.24, 2.45) is 0 Å². The van der Waals surface area contributed by atoms with E-state index in [0.717, 1.165) is 16.7 Å². The van der Waals surface area contributed by atoms with E-state index in [2.05, 4.69) is 18.2 Å². The second-order valence-electron chi connectivity index (χ2n) is 5.62. The molecule has 1 aliphatic rings. The van der Waals surface area contributed by atoms with Crippen molar-refractivity contribution in [2.45, 2.75) is 18.9 Å². The van der Waals surface area contributed by atoms with Crippen LogP contribution in [0, 0.1) is 0 Å². The van der Waals surface area contributed by atoms with Gasteiger partial charge in [-0.2, -0.15) is 0 Å². The van der Waals surface area contributed by atoms with Crippen LogP contribution >= 0.6 is 0 Å². The molecule has 0 amide bonds. The second kappa shape index (κ2) is 6.49. The minimum Gasteiger partial charge on any atom is -0.437 e. The molecular weight excluding hydrogens is 273 g/mol. The maximum absolute atomic E-state index is 10.2. The molecule has 22 heavy (non-hydrogen) atoms. The van der Waals surface area contributed by atoms with E-state index in [1.165, 1.54) is 0 Å². The fraction of sp³-hybridized carbons (Fsp3) is 0.222. The fourth-order valence-electron chi connectivity index (χ4n) is 3.24. The molecule has 0 radical (unpaired) electrons. The van der Waals surface area contributed by atoms with Crippen LogP contribution in [0.3, 0.4) is 0 Å². The molecule has 2 aromatic rings. The first kappa shape index (κ1) is 15.0. The zero-order valence-electron chi connectivity index (χ0n) is 12.6. The first-order valence-electron chi connectivity index (χ1n) is 7.61. The van der Waals surface area contributed by atoms with Crippen LogP contribution in [0.15, 0.2) is 66.7 Å². The van der Waals surface area contributed by atoms with Gasteiger partial charge < -0.3 is 10.1 Å². The molecule has 3 nitrogen and oxygen atoms in total. The van der Waals surface area contributed by atoms with Crippen LogP contribution in [0.25, 0.3) is 5.57 Å². The highest BCUT2D eigenvalue weighted by atomic mass is 16.3. The van der Waals surface area contributed by atoms with Gasteiger partial charge in [0, 0.05) is 6.04 Å². The third-order valence-corrected chi connectivity index (χ3v) is 4.23. The molecule has 0 spiro atoms. The molecule has 0 bridgehead atoms. The molecule has 0 aliphatic carbocycles. The van der Waals surface area contributed by atoms with Gasteiger partial charge in [0.15, 0.2) is 0 Å². The van der Waals surface area contributed by atoms with Crippen molar-refractivity contribution in [3.63, 3.8) is 0 Å². The van der Waals surface area contributed by atoms with E-state index in [-0.39, 0.29) is 18.7 Å². The zero-order valence-corrected chi connectivity index (χ0v) is 12.6. The Labute approximate surface area is 131 Å². The van der Waals surface area contributed by atoms with Crippen LogP contribution < -0.4 is 0 Å². The maximum atomic E-state index is 10.2. The van der Waals surface area contributed by atoms with Gasteiger partial charge in [-0.3, -0.25) is 4.81 Å². The largest absolute Gasteiger partial charge is 0.437 e. The predicted molar refractivity (Wildman–Crippen MR) is 90.2 cm³/mol. The lowest BCUT2D eigenvalue weighted by Crippen LogP contribution is -2.45. The minimum atomic E-state index is -0.639. The third kappa shape index (κ3) is 2.73. The number of nitrogens with zero attached hydrogens (tertiary/aromatic N) is 1. The lowest BCUT2D eigenvalue weighted by atomic mass is 9.81. The minimum absolute atomic E-state index is 0.0189. The van der Waals surface area contributed by atoms with Crippen molar-refractivity contribution in [1.29, 1.82) is 0 Å². The second-order valence-corrected chi connectivity index (χ2v) is 5.62. The van der Waals surface area contributed by atoms with E-state index in [9.17, 15) is 10.1 Å². The van der Waals surface area contributed by atoms with Gasteiger partial charge in [-0.1, -0.05) is 66.7 Å². The number of aliphatic hydroxyl groups is 1. The Morgan fingerprint density at radius 1 is 1.00 bits per heavy atom. The molecule has 1 aliphatic heterocycles. The van der Waals surface area contributed by atoms with Crippen LogP contribution in [0.4, 0.5) is 0 Å². The number of hydrogen-bond acceptors (Lipinski definition) is 3. The summed E-state index contributed by atoms with van der Waals surface area (Å²) < 4.78 is 0. The van der Waals surface area contributed by atoms with Crippen molar-refractivity contribution in [3.8, 4) is 0 Å². The van der Waals surface area contributed by atoms with Gasteiger partial charge in [-0.05, 0) is 23.5 Å². The van der Waals surface area contributed by atoms with Crippen LogP contribution in [0.2, 0.25) is 6.82 Å². The van der Waals surface area contributed by atoms with Gasteiger partial charge in [-0.15, -0.1) is 0 Å². The molecule has 1 heterocycles. The predicted octanol–water partition coefficient (Wildman–Crippen LogP) is 2.60.